The molecule has 5 heteroatoms. The molecule has 0 bridgehead atoms. The number of halogens is 1. The topological polar surface area (TPSA) is 41.8 Å². The summed E-state index contributed by atoms with van der Waals surface area (Å²) >= 11 is 4.98. The summed E-state index contributed by atoms with van der Waals surface area (Å²) in [4.78, 5) is 6.94. The fourth-order valence-corrected chi connectivity index (χ4v) is 1.82. The molecule has 3 aromatic rings. The molecule has 0 saturated carbocycles. The summed E-state index contributed by atoms with van der Waals surface area (Å²) in [6.45, 7) is 0. The van der Waals surface area contributed by atoms with Gasteiger partial charge in [0, 0.05) is 5.39 Å². The Bertz CT molecular complexity index is 747. The number of hydrogen-bond acceptors (Lipinski definition) is 3. The highest BCUT2D eigenvalue weighted by Crippen LogP contribution is 2.26. The van der Waals surface area contributed by atoms with E-state index in [0.29, 0.717) is 27.1 Å². The first kappa shape index (κ1) is 10.2. The smallest absolute Gasteiger partial charge is 0.153 e. The van der Waals surface area contributed by atoms with Crippen LogP contribution in [0.2, 0.25) is 0 Å². The lowest BCUT2D eigenvalue weighted by molar-refractivity contribution is 0.617. The lowest BCUT2D eigenvalue weighted by atomic mass is 10.2. The van der Waals surface area contributed by atoms with Crippen molar-refractivity contribution < 1.29 is 8.81 Å². The Hall–Kier alpha value is -2.01. The van der Waals surface area contributed by atoms with E-state index >= 15 is 0 Å². The van der Waals surface area contributed by atoms with E-state index in [0.717, 1.165) is 0 Å². The van der Waals surface area contributed by atoms with E-state index in [1.807, 2.05) is 0 Å². The number of benzene rings is 1. The molecule has 0 radical (unpaired) electrons. The fraction of sp³-hybridized carbons (Fsp3) is 0. The molecule has 17 heavy (non-hydrogen) atoms. The summed E-state index contributed by atoms with van der Waals surface area (Å²) in [5.74, 6) is 0.300. The SMILES string of the molecule is Fc1ccc2oc(-c3cncc(=S)[nH]3)cc2c1. The molecular weight excluding hydrogens is 239 g/mol. The van der Waals surface area contributed by atoms with E-state index < -0.39 is 0 Å². The van der Waals surface area contributed by atoms with Crippen LogP contribution in [0.15, 0.2) is 41.1 Å². The monoisotopic (exact) mass is 246 g/mol. The van der Waals surface area contributed by atoms with Crippen LogP contribution >= 0.6 is 12.2 Å². The second-order valence-corrected chi connectivity index (χ2v) is 4.04. The van der Waals surface area contributed by atoms with Crippen molar-refractivity contribution in [3.8, 4) is 11.5 Å². The fourth-order valence-electron chi connectivity index (χ4n) is 1.65. The first-order valence-corrected chi connectivity index (χ1v) is 5.37. The molecule has 0 aliphatic heterocycles. The number of aromatic amines is 1. The molecule has 84 valence electrons. The van der Waals surface area contributed by atoms with Gasteiger partial charge in [-0.05, 0) is 24.3 Å². The minimum absolute atomic E-state index is 0.288. The van der Waals surface area contributed by atoms with Crippen LogP contribution in [0.4, 0.5) is 4.39 Å². The number of furan rings is 1. The van der Waals surface area contributed by atoms with Gasteiger partial charge < -0.3 is 9.40 Å². The zero-order valence-electron chi connectivity index (χ0n) is 8.61. The van der Waals surface area contributed by atoms with Gasteiger partial charge in [0.2, 0.25) is 0 Å². The molecule has 0 fully saturated rings. The number of aromatic nitrogens is 2. The number of nitrogens with one attached hydrogen (secondary N) is 1. The predicted molar refractivity (Wildman–Crippen MR) is 64.6 cm³/mol. The molecule has 3 nitrogen and oxygen atoms in total. The molecule has 0 unspecified atom stereocenters. The van der Waals surface area contributed by atoms with Crippen LogP contribution in [0.25, 0.3) is 22.4 Å². The Kier molecular flexibility index (Phi) is 2.26. The minimum Gasteiger partial charge on any atom is -0.454 e. The maximum atomic E-state index is 13.0. The van der Waals surface area contributed by atoms with Crippen molar-refractivity contribution in [2.24, 2.45) is 0 Å². The Morgan fingerprint density at radius 1 is 1.24 bits per heavy atom. The van der Waals surface area contributed by atoms with Crippen molar-refractivity contribution in [2.45, 2.75) is 0 Å². The highest BCUT2D eigenvalue weighted by molar-refractivity contribution is 7.71. The summed E-state index contributed by atoms with van der Waals surface area (Å²) in [6.07, 6.45) is 3.16. The Morgan fingerprint density at radius 2 is 2.12 bits per heavy atom. The van der Waals surface area contributed by atoms with E-state index in [2.05, 4.69) is 9.97 Å². The Balaban J connectivity index is 2.21. The number of rotatable bonds is 1. The van der Waals surface area contributed by atoms with Gasteiger partial charge in [-0.3, -0.25) is 4.98 Å². The third-order valence-corrected chi connectivity index (χ3v) is 2.60. The zero-order valence-corrected chi connectivity index (χ0v) is 9.42. The molecule has 3 rings (SSSR count). The standard InChI is InChI=1S/C12H7FN2OS/c13-8-1-2-10-7(3-8)4-11(16-10)9-5-14-6-12(17)15-9/h1-6H,(H,15,17). The average molecular weight is 246 g/mol. The van der Waals surface area contributed by atoms with Crippen molar-refractivity contribution in [1.82, 2.24) is 9.97 Å². The van der Waals surface area contributed by atoms with Crippen molar-refractivity contribution in [3.05, 3.63) is 47.1 Å². The van der Waals surface area contributed by atoms with Crippen molar-refractivity contribution in [1.29, 1.82) is 0 Å². The molecule has 0 aliphatic carbocycles. The maximum Gasteiger partial charge on any atom is 0.153 e. The largest absolute Gasteiger partial charge is 0.454 e. The van der Waals surface area contributed by atoms with E-state index in [9.17, 15) is 4.39 Å². The average Bonchev–Trinajstić information content (AvgIpc) is 2.72. The van der Waals surface area contributed by atoms with Gasteiger partial charge in [0.05, 0.1) is 12.4 Å². The van der Waals surface area contributed by atoms with E-state index in [-0.39, 0.29) is 5.82 Å². The first-order chi connectivity index (χ1) is 8.22. The van der Waals surface area contributed by atoms with Gasteiger partial charge in [0.1, 0.15) is 21.7 Å². The van der Waals surface area contributed by atoms with Gasteiger partial charge in [0.15, 0.2) is 5.76 Å². The third-order valence-electron chi connectivity index (χ3n) is 2.40. The molecule has 2 heterocycles. The summed E-state index contributed by atoms with van der Waals surface area (Å²) in [7, 11) is 0. The normalized spacial score (nSPS) is 10.9. The van der Waals surface area contributed by atoms with Gasteiger partial charge in [0.25, 0.3) is 0 Å². The van der Waals surface area contributed by atoms with Crippen LogP contribution in [-0.4, -0.2) is 9.97 Å². The molecular formula is C12H7FN2OS. The third kappa shape index (κ3) is 1.85. The predicted octanol–water partition coefficient (Wildman–Crippen LogP) is 3.69. The molecule has 0 aliphatic rings. The van der Waals surface area contributed by atoms with Crippen LogP contribution in [-0.2, 0) is 0 Å². The maximum absolute atomic E-state index is 13.0. The number of hydrogen-bond donors (Lipinski definition) is 1. The molecule has 0 saturated heterocycles. The van der Waals surface area contributed by atoms with Gasteiger partial charge in [-0.25, -0.2) is 4.39 Å². The molecule has 0 atom stereocenters. The van der Waals surface area contributed by atoms with Crippen molar-refractivity contribution in [3.63, 3.8) is 0 Å². The van der Waals surface area contributed by atoms with E-state index in [1.165, 1.54) is 12.1 Å². The number of H-pyrrole nitrogens is 1. The van der Waals surface area contributed by atoms with Gasteiger partial charge >= 0.3 is 0 Å². The van der Waals surface area contributed by atoms with Gasteiger partial charge in [-0.15, -0.1) is 0 Å². The zero-order chi connectivity index (χ0) is 11.8. The summed E-state index contributed by atoms with van der Waals surface area (Å²) in [5.41, 5.74) is 1.30. The number of nitrogens with zero attached hydrogens (tertiary/aromatic N) is 1. The Labute approximate surface area is 101 Å². The quantitative estimate of drug-likeness (QED) is 0.666. The molecule has 2 aromatic heterocycles. The van der Waals surface area contributed by atoms with Crippen LogP contribution in [0.1, 0.15) is 0 Å². The lowest BCUT2D eigenvalue weighted by Gasteiger charge is -1.94. The first-order valence-electron chi connectivity index (χ1n) is 4.96. The van der Waals surface area contributed by atoms with Crippen LogP contribution in [0, 0.1) is 10.5 Å². The number of fused-ring (bicyclic) bond motifs is 1. The van der Waals surface area contributed by atoms with Crippen molar-refractivity contribution >= 4 is 23.2 Å². The minimum atomic E-state index is -0.288. The highest BCUT2D eigenvalue weighted by Gasteiger charge is 2.07. The second kappa shape index (κ2) is 3.78. The van der Waals surface area contributed by atoms with Gasteiger partial charge in [-0.2, -0.15) is 0 Å². The van der Waals surface area contributed by atoms with Crippen LogP contribution < -0.4 is 0 Å². The van der Waals surface area contributed by atoms with Crippen LogP contribution in [0.5, 0.6) is 0 Å². The summed E-state index contributed by atoms with van der Waals surface area (Å²) in [6, 6.07) is 6.13. The molecule has 1 aromatic carbocycles. The summed E-state index contributed by atoms with van der Waals surface area (Å²) < 4.78 is 19.1. The molecule has 0 spiro atoms. The Morgan fingerprint density at radius 3 is 2.94 bits per heavy atom. The van der Waals surface area contributed by atoms with Crippen molar-refractivity contribution in [2.75, 3.05) is 0 Å². The van der Waals surface area contributed by atoms with E-state index in [1.54, 1.807) is 24.5 Å². The highest BCUT2D eigenvalue weighted by atomic mass is 32.1. The lowest BCUT2D eigenvalue weighted by Crippen LogP contribution is -1.82. The van der Waals surface area contributed by atoms with Crippen LogP contribution in [0.3, 0.4) is 0 Å². The van der Waals surface area contributed by atoms with E-state index in [4.69, 9.17) is 16.6 Å². The molecule has 0 amide bonds. The van der Waals surface area contributed by atoms with Gasteiger partial charge in [-0.1, -0.05) is 12.2 Å². The second-order valence-electron chi connectivity index (χ2n) is 3.60. The molecule has 1 N–H and O–H groups in total. The summed E-state index contributed by atoms with van der Waals surface area (Å²) in [5, 5.41) is 0.711.